The number of aliphatic hydroxyl groups excluding tert-OH is 1. The first-order valence-corrected chi connectivity index (χ1v) is 15.5. The van der Waals surface area contributed by atoms with E-state index in [1.807, 2.05) is 6.08 Å². The zero-order valence-electron chi connectivity index (χ0n) is 25.0. The zero-order valence-corrected chi connectivity index (χ0v) is 25.0. The Hall–Kier alpha value is -0.820. The van der Waals surface area contributed by atoms with E-state index in [1.165, 1.54) is 76.2 Å². The summed E-state index contributed by atoms with van der Waals surface area (Å²) in [4.78, 5) is 0. The molecule has 0 radical (unpaired) electrons. The second-order valence-corrected chi connectivity index (χ2v) is 15.2. The van der Waals surface area contributed by atoms with Crippen molar-refractivity contribution in [2.75, 3.05) is 6.61 Å². The molecule has 0 aromatic heterocycles. The maximum Gasteiger partial charge on any atom is 0.0614 e. The lowest BCUT2D eigenvalue weighted by Crippen LogP contribution is -2.62. The highest BCUT2D eigenvalue weighted by Crippen LogP contribution is 2.73. The number of aliphatic hydroxyl groups is 1. The van der Waals surface area contributed by atoms with Gasteiger partial charge in [0.15, 0.2) is 0 Å². The van der Waals surface area contributed by atoms with Crippen molar-refractivity contribution in [2.24, 2.45) is 45.3 Å². The predicted octanol–water partition coefficient (Wildman–Crippen LogP) is 10.1. The van der Waals surface area contributed by atoms with Crippen LogP contribution in [0.15, 0.2) is 35.5 Å². The minimum atomic E-state index is 0.162. The highest BCUT2D eigenvalue weighted by Gasteiger charge is 2.65. The van der Waals surface area contributed by atoms with Crippen LogP contribution >= 0.6 is 0 Å². The van der Waals surface area contributed by atoms with E-state index in [-0.39, 0.29) is 6.61 Å². The molecule has 1 N–H and O–H groups in total. The summed E-state index contributed by atoms with van der Waals surface area (Å²) in [6.07, 6.45) is 21.8. The fourth-order valence-corrected chi connectivity index (χ4v) is 11.0. The molecule has 0 saturated heterocycles. The highest BCUT2D eigenvalue weighted by molar-refractivity contribution is 5.21. The summed E-state index contributed by atoms with van der Waals surface area (Å²) >= 11 is 0. The fraction of sp³-hybridized carbons (Fsp3) is 0.829. The Kier molecular flexibility index (Phi) is 8.14. The van der Waals surface area contributed by atoms with Crippen LogP contribution in [0.4, 0.5) is 0 Å². The van der Waals surface area contributed by atoms with Gasteiger partial charge in [-0.25, -0.2) is 0 Å². The van der Waals surface area contributed by atoms with Crippen molar-refractivity contribution < 1.29 is 5.11 Å². The number of allylic oxidation sites excluding steroid dienone is 4. The molecular weight excluding hydrogens is 436 g/mol. The van der Waals surface area contributed by atoms with E-state index in [0.717, 1.165) is 30.6 Å². The third kappa shape index (κ3) is 4.85. The van der Waals surface area contributed by atoms with Crippen LogP contribution in [0.3, 0.4) is 0 Å². The van der Waals surface area contributed by atoms with Crippen LogP contribution in [0.5, 0.6) is 0 Å². The van der Waals surface area contributed by atoms with Crippen LogP contribution in [0.25, 0.3) is 0 Å². The molecule has 36 heavy (non-hydrogen) atoms. The van der Waals surface area contributed by atoms with E-state index in [2.05, 4.69) is 54.5 Å². The largest absolute Gasteiger partial charge is 0.392 e. The van der Waals surface area contributed by atoms with Gasteiger partial charge in [-0.15, -0.1) is 0 Å². The molecule has 4 saturated carbocycles. The van der Waals surface area contributed by atoms with E-state index in [9.17, 15) is 0 Å². The molecule has 4 fully saturated rings. The van der Waals surface area contributed by atoms with Gasteiger partial charge < -0.3 is 5.11 Å². The quantitative estimate of drug-likeness (QED) is 0.349. The molecule has 204 valence electrons. The Bertz CT molecular complexity index is 875. The molecular formula is C35H58O. The summed E-state index contributed by atoms with van der Waals surface area (Å²) in [6.45, 7) is 22.7. The maximum atomic E-state index is 9.10. The summed E-state index contributed by atoms with van der Waals surface area (Å²) in [5.74, 6) is 3.36. The van der Waals surface area contributed by atoms with Crippen LogP contribution in [-0.2, 0) is 0 Å². The molecule has 1 nitrogen and oxygen atoms in total. The van der Waals surface area contributed by atoms with Gasteiger partial charge in [0.05, 0.1) is 6.61 Å². The third-order valence-electron chi connectivity index (χ3n) is 12.7. The normalized spacial score (nSPS) is 42.9. The standard InChI is InChI=1S/C35H58O/c1-25(11-9-12-26(2)19-24-36)13-15-28-27(3)14-16-30-33(28,6)22-18-31-34(7)21-10-20-32(4,5)29(34)17-23-35(30,31)8/h11,19,28-31,36H,3,9-10,12-18,20-24H2,1-2,4-8H3/b25-11+,26-19+/t28-,29-,30+,31+,33+,34-,35-/m0/s1. The van der Waals surface area contributed by atoms with Crippen LogP contribution in [-0.4, -0.2) is 11.7 Å². The van der Waals surface area contributed by atoms with Crippen molar-refractivity contribution in [2.45, 2.75) is 132 Å². The van der Waals surface area contributed by atoms with Crippen LogP contribution in [0, 0.1) is 45.3 Å². The van der Waals surface area contributed by atoms with Gasteiger partial charge in [0.2, 0.25) is 0 Å². The minimum absolute atomic E-state index is 0.162. The number of fused-ring (bicyclic) bond motifs is 5. The SMILES string of the molecule is C=C1CC[C@H]2[C@]3(C)CC[C@H]4C(C)(C)CCC[C@]4(C)[C@H]3CC[C@]2(C)[C@H]1CC/C(C)=C/CC/C(C)=C/CO. The summed E-state index contributed by atoms with van der Waals surface area (Å²) < 4.78 is 0. The Balaban J connectivity index is 1.50. The van der Waals surface area contributed by atoms with E-state index in [4.69, 9.17) is 11.7 Å². The Labute approximate surface area is 224 Å². The molecule has 0 amide bonds. The lowest BCUT2D eigenvalue weighted by Gasteiger charge is -2.70. The van der Waals surface area contributed by atoms with Gasteiger partial charge in [-0.3, -0.25) is 0 Å². The fourth-order valence-electron chi connectivity index (χ4n) is 11.0. The van der Waals surface area contributed by atoms with Gasteiger partial charge in [0, 0.05) is 0 Å². The van der Waals surface area contributed by atoms with E-state index >= 15 is 0 Å². The van der Waals surface area contributed by atoms with Gasteiger partial charge in [-0.2, -0.15) is 0 Å². The van der Waals surface area contributed by atoms with Crippen molar-refractivity contribution in [3.63, 3.8) is 0 Å². The lowest BCUT2D eigenvalue weighted by atomic mass is 9.35. The van der Waals surface area contributed by atoms with Crippen molar-refractivity contribution in [3.8, 4) is 0 Å². The van der Waals surface area contributed by atoms with Gasteiger partial charge in [-0.1, -0.05) is 76.5 Å². The summed E-state index contributed by atoms with van der Waals surface area (Å²) in [6, 6.07) is 0. The van der Waals surface area contributed by atoms with E-state index in [0.29, 0.717) is 27.6 Å². The van der Waals surface area contributed by atoms with Crippen LogP contribution in [0.2, 0.25) is 0 Å². The average Bonchev–Trinajstić information content (AvgIpc) is 2.77. The molecule has 0 spiro atoms. The molecule has 0 heterocycles. The summed E-state index contributed by atoms with van der Waals surface area (Å²) in [5, 5.41) is 9.10. The van der Waals surface area contributed by atoms with E-state index in [1.54, 1.807) is 11.1 Å². The number of hydrogen-bond donors (Lipinski definition) is 1. The van der Waals surface area contributed by atoms with Gasteiger partial charge in [-0.05, 0) is 136 Å². The Morgan fingerprint density at radius 1 is 0.806 bits per heavy atom. The monoisotopic (exact) mass is 494 g/mol. The topological polar surface area (TPSA) is 20.2 Å². The smallest absolute Gasteiger partial charge is 0.0614 e. The molecule has 4 rings (SSSR count). The second kappa shape index (κ2) is 10.4. The van der Waals surface area contributed by atoms with Crippen LogP contribution < -0.4 is 0 Å². The van der Waals surface area contributed by atoms with Crippen LogP contribution in [0.1, 0.15) is 132 Å². The number of hydrogen-bond acceptors (Lipinski definition) is 1. The molecule has 4 aliphatic carbocycles. The van der Waals surface area contributed by atoms with E-state index < -0.39 is 0 Å². The van der Waals surface area contributed by atoms with Crippen molar-refractivity contribution >= 4 is 0 Å². The summed E-state index contributed by atoms with van der Waals surface area (Å²) in [7, 11) is 0. The van der Waals surface area contributed by atoms with Crippen molar-refractivity contribution in [3.05, 3.63) is 35.5 Å². The highest BCUT2D eigenvalue weighted by atomic mass is 16.2. The summed E-state index contributed by atoms with van der Waals surface area (Å²) in [5.41, 5.74) is 6.40. The van der Waals surface area contributed by atoms with Gasteiger partial charge >= 0.3 is 0 Å². The predicted molar refractivity (Wildman–Crippen MR) is 156 cm³/mol. The average molecular weight is 495 g/mol. The minimum Gasteiger partial charge on any atom is -0.392 e. The van der Waals surface area contributed by atoms with Crippen molar-refractivity contribution in [1.82, 2.24) is 0 Å². The molecule has 0 aromatic rings. The Morgan fingerprint density at radius 3 is 2.14 bits per heavy atom. The third-order valence-corrected chi connectivity index (χ3v) is 12.7. The molecule has 0 unspecified atom stereocenters. The Morgan fingerprint density at radius 2 is 1.42 bits per heavy atom. The second-order valence-electron chi connectivity index (χ2n) is 15.2. The van der Waals surface area contributed by atoms with Gasteiger partial charge in [0.25, 0.3) is 0 Å². The molecule has 0 bridgehead atoms. The zero-order chi connectivity index (χ0) is 26.4. The van der Waals surface area contributed by atoms with Crippen molar-refractivity contribution in [1.29, 1.82) is 0 Å². The van der Waals surface area contributed by atoms with Gasteiger partial charge in [0.1, 0.15) is 0 Å². The molecule has 1 heteroatoms. The first-order valence-electron chi connectivity index (χ1n) is 15.5. The first-order chi connectivity index (χ1) is 16.9. The molecule has 7 atom stereocenters. The molecule has 4 aliphatic rings. The maximum absolute atomic E-state index is 9.10. The molecule has 0 aromatic carbocycles. The number of rotatable bonds is 7. The first kappa shape index (κ1) is 28.2. The lowest BCUT2D eigenvalue weighted by molar-refractivity contribution is -0.204. The molecule has 0 aliphatic heterocycles.